The van der Waals surface area contributed by atoms with Crippen LogP contribution in [0, 0.1) is 0 Å². The number of benzene rings is 2. The number of hydrogen-bond donors (Lipinski definition) is 2. The molecule has 0 radical (unpaired) electrons. The number of nitrogens with two attached hydrogens (primary N) is 1. The van der Waals surface area contributed by atoms with E-state index in [0.29, 0.717) is 24.3 Å². The lowest BCUT2D eigenvalue weighted by atomic mass is 10.1. The minimum atomic E-state index is -0.178. The first-order valence-electron chi connectivity index (χ1n) is 6.53. The Morgan fingerprint density at radius 1 is 1.15 bits per heavy atom. The van der Waals surface area contributed by atoms with E-state index in [0.717, 1.165) is 5.56 Å². The number of para-hydroxylation sites is 1. The van der Waals surface area contributed by atoms with Gasteiger partial charge < -0.3 is 15.7 Å². The molecule has 0 aliphatic carbocycles. The van der Waals surface area contributed by atoms with Gasteiger partial charge in [-0.15, -0.1) is 0 Å². The van der Waals surface area contributed by atoms with Crippen LogP contribution in [0.15, 0.2) is 48.5 Å². The molecule has 3 N–H and O–H groups in total. The fraction of sp³-hybridized carbons (Fsp3) is 0.188. The Morgan fingerprint density at radius 3 is 2.40 bits per heavy atom. The number of phenolic OH excluding ortho intramolecular Hbond substituents is 1. The number of aromatic hydroxyl groups is 1. The molecule has 104 valence electrons. The lowest BCUT2D eigenvalue weighted by Crippen LogP contribution is -2.30. The number of nitrogen functional groups attached to an aromatic ring is 1. The summed E-state index contributed by atoms with van der Waals surface area (Å²) in [4.78, 5) is 14.1. The van der Waals surface area contributed by atoms with Gasteiger partial charge >= 0.3 is 0 Å². The third kappa shape index (κ3) is 3.09. The first-order chi connectivity index (χ1) is 9.61. The molecule has 20 heavy (non-hydrogen) atoms. The maximum atomic E-state index is 12.4. The number of amides is 1. The molecule has 0 aliphatic heterocycles. The van der Waals surface area contributed by atoms with E-state index in [1.54, 1.807) is 23.1 Å². The molecule has 4 nitrogen and oxygen atoms in total. The first-order valence-corrected chi connectivity index (χ1v) is 6.53. The maximum Gasteiger partial charge on any atom is 0.257 e. The highest BCUT2D eigenvalue weighted by molar-refractivity contribution is 5.96. The van der Waals surface area contributed by atoms with Crippen LogP contribution in [0.3, 0.4) is 0 Å². The molecule has 0 fully saturated rings. The molecule has 0 unspecified atom stereocenters. The van der Waals surface area contributed by atoms with Crippen molar-refractivity contribution in [3.63, 3.8) is 0 Å². The van der Waals surface area contributed by atoms with E-state index in [9.17, 15) is 9.90 Å². The van der Waals surface area contributed by atoms with Crippen LogP contribution in [-0.2, 0) is 6.54 Å². The molecule has 2 aromatic carbocycles. The van der Waals surface area contributed by atoms with Crippen molar-refractivity contribution in [1.29, 1.82) is 0 Å². The minimum Gasteiger partial charge on any atom is -0.507 e. The summed E-state index contributed by atoms with van der Waals surface area (Å²) >= 11 is 0. The van der Waals surface area contributed by atoms with E-state index in [-0.39, 0.29) is 11.7 Å². The molecule has 0 bridgehead atoms. The van der Waals surface area contributed by atoms with Crippen molar-refractivity contribution < 1.29 is 9.90 Å². The summed E-state index contributed by atoms with van der Waals surface area (Å²) < 4.78 is 0. The molecular weight excluding hydrogens is 252 g/mol. The number of rotatable bonds is 4. The first kappa shape index (κ1) is 13.9. The molecule has 0 aromatic heterocycles. The highest BCUT2D eigenvalue weighted by Crippen LogP contribution is 2.19. The quantitative estimate of drug-likeness (QED) is 0.839. The molecule has 0 saturated heterocycles. The van der Waals surface area contributed by atoms with Crippen molar-refractivity contribution in [2.75, 3.05) is 12.3 Å². The Labute approximate surface area is 118 Å². The van der Waals surface area contributed by atoms with Crippen molar-refractivity contribution >= 4 is 11.6 Å². The number of carbonyl (C=O) groups is 1. The van der Waals surface area contributed by atoms with Gasteiger partial charge in [-0.2, -0.15) is 0 Å². The highest BCUT2D eigenvalue weighted by Gasteiger charge is 2.17. The molecule has 4 heteroatoms. The summed E-state index contributed by atoms with van der Waals surface area (Å²) in [6, 6.07) is 14.0. The fourth-order valence-corrected chi connectivity index (χ4v) is 2.00. The topological polar surface area (TPSA) is 66.6 Å². The van der Waals surface area contributed by atoms with E-state index in [1.807, 2.05) is 31.2 Å². The molecule has 0 spiro atoms. The third-order valence-corrected chi connectivity index (χ3v) is 3.16. The average molecular weight is 270 g/mol. The SMILES string of the molecule is CCN(Cc1ccc(N)cc1)C(=O)c1ccccc1O. The van der Waals surface area contributed by atoms with Crippen LogP contribution in [0.4, 0.5) is 5.69 Å². The zero-order valence-corrected chi connectivity index (χ0v) is 11.4. The van der Waals surface area contributed by atoms with E-state index in [4.69, 9.17) is 5.73 Å². The molecule has 1 amide bonds. The zero-order valence-electron chi connectivity index (χ0n) is 11.4. The van der Waals surface area contributed by atoms with Crippen LogP contribution in [0.5, 0.6) is 5.75 Å². The van der Waals surface area contributed by atoms with E-state index in [2.05, 4.69) is 0 Å². The van der Waals surface area contributed by atoms with E-state index < -0.39 is 0 Å². The standard InChI is InChI=1S/C16H18N2O2/c1-2-18(11-12-7-9-13(17)10-8-12)16(20)14-5-3-4-6-15(14)19/h3-10,19H,2,11,17H2,1H3. The van der Waals surface area contributed by atoms with Gasteiger partial charge in [-0.3, -0.25) is 4.79 Å². The maximum absolute atomic E-state index is 12.4. The summed E-state index contributed by atoms with van der Waals surface area (Å²) in [6.45, 7) is 2.97. The van der Waals surface area contributed by atoms with Crippen molar-refractivity contribution in [1.82, 2.24) is 4.90 Å². The second kappa shape index (κ2) is 6.10. The number of anilines is 1. The predicted octanol–water partition coefficient (Wildman–Crippen LogP) is 2.64. The van der Waals surface area contributed by atoms with Crippen molar-refractivity contribution in [3.05, 3.63) is 59.7 Å². The number of phenols is 1. The van der Waals surface area contributed by atoms with Crippen molar-refractivity contribution in [2.24, 2.45) is 0 Å². The summed E-state index contributed by atoms with van der Waals surface area (Å²) in [6.07, 6.45) is 0. The van der Waals surface area contributed by atoms with Gasteiger partial charge in [0.1, 0.15) is 5.75 Å². The predicted molar refractivity (Wildman–Crippen MR) is 79.4 cm³/mol. The fourth-order valence-electron chi connectivity index (χ4n) is 2.00. The largest absolute Gasteiger partial charge is 0.507 e. The van der Waals surface area contributed by atoms with Crippen LogP contribution in [0.2, 0.25) is 0 Å². The number of carbonyl (C=O) groups excluding carboxylic acids is 1. The van der Waals surface area contributed by atoms with Crippen LogP contribution < -0.4 is 5.73 Å². The lowest BCUT2D eigenvalue weighted by molar-refractivity contribution is 0.0749. The molecule has 2 rings (SSSR count). The third-order valence-electron chi connectivity index (χ3n) is 3.16. The molecule has 0 saturated carbocycles. The summed E-state index contributed by atoms with van der Waals surface area (Å²) in [5, 5.41) is 9.76. The monoisotopic (exact) mass is 270 g/mol. The Morgan fingerprint density at radius 2 is 1.80 bits per heavy atom. The molecular formula is C16H18N2O2. The van der Waals surface area contributed by atoms with Crippen molar-refractivity contribution in [2.45, 2.75) is 13.5 Å². The summed E-state index contributed by atoms with van der Waals surface area (Å²) in [7, 11) is 0. The van der Waals surface area contributed by atoms with E-state index >= 15 is 0 Å². The Bertz CT molecular complexity index is 594. The zero-order chi connectivity index (χ0) is 14.5. The molecule has 0 aliphatic rings. The van der Waals surface area contributed by atoms with Crippen molar-refractivity contribution in [3.8, 4) is 5.75 Å². The number of hydrogen-bond acceptors (Lipinski definition) is 3. The van der Waals surface area contributed by atoms with Crippen LogP contribution in [0.1, 0.15) is 22.8 Å². The van der Waals surface area contributed by atoms with Crippen LogP contribution in [0.25, 0.3) is 0 Å². The number of nitrogens with zero attached hydrogens (tertiary/aromatic N) is 1. The van der Waals surface area contributed by atoms with Gasteiger partial charge in [0, 0.05) is 18.8 Å². The Balaban J connectivity index is 2.18. The molecule has 2 aromatic rings. The van der Waals surface area contributed by atoms with Crippen LogP contribution >= 0.6 is 0 Å². The summed E-state index contributed by atoms with van der Waals surface area (Å²) in [5.41, 5.74) is 7.67. The smallest absolute Gasteiger partial charge is 0.257 e. The minimum absolute atomic E-state index is 0.00764. The second-order valence-electron chi connectivity index (χ2n) is 4.58. The van der Waals surface area contributed by atoms with Gasteiger partial charge in [0.25, 0.3) is 5.91 Å². The summed E-state index contributed by atoms with van der Waals surface area (Å²) in [5.74, 6) is -0.171. The Kier molecular flexibility index (Phi) is 4.25. The van der Waals surface area contributed by atoms with E-state index in [1.165, 1.54) is 6.07 Å². The second-order valence-corrected chi connectivity index (χ2v) is 4.58. The van der Waals surface area contributed by atoms with Gasteiger partial charge in [0.2, 0.25) is 0 Å². The molecule has 0 heterocycles. The highest BCUT2D eigenvalue weighted by atomic mass is 16.3. The van der Waals surface area contributed by atoms with Gasteiger partial charge in [-0.25, -0.2) is 0 Å². The average Bonchev–Trinajstić information content (AvgIpc) is 2.46. The van der Waals surface area contributed by atoms with Gasteiger partial charge in [-0.05, 0) is 36.8 Å². The van der Waals surface area contributed by atoms with Crippen LogP contribution in [-0.4, -0.2) is 22.5 Å². The van der Waals surface area contributed by atoms with Gasteiger partial charge in [-0.1, -0.05) is 24.3 Å². The normalized spacial score (nSPS) is 10.2. The van der Waals surface area contributed by atoms with Gasteiger partial charge in [0.05, 0.1) is 5.56 Å². The lowest BCUT2D eigenvalue weighted by Gasteiger charge is -2.21. The Hall–Kier alpha value is -2.49. The molecule has 0 atom stereocenters. The van der Waals surface area contributed by atoms with Gasteiger partial charge in [0.15, 0.2) is 0 Å².